The number of aliphatic hydroxyl groups is 2. The highest BCUT2D eigenvalue weighted by molar-refractivity contribution is 5.29. The molecule has 0 saturated carbocycles. The molecule has 2 aromatic rings. The monoisotopic (exact) mass is 358 g/mol. The lowest BCUT2D eigenvalue weighted by Crippen LogP contribution is -2.00. The van der Waals surface area contributed by atoms with Gasteiger partial charge in [0.2, 0.25) is 0 Å². The van der Waals surface area contributed by atoms with Crippen molar-refractivity contribution in [2.75, 3.05) is 13.2 Å². The summed E-state index contributed by atoms with van der Waals surface area (Å²) in [6.07, 6.45) is 3.29. The zero-order chi connectivity index (χ0) is 18.8. The SMILES string of the molecule is CC(O)c1ccc(OCCCCCCOc2cccc(C(C)O)c2)cc1. The largest absolute Gasteiger partial charge is 0.494 e. The molecule has 0 spiro atoms. The number of hydrogen-bond donors (Lipinski definition) is 2. The van der Waals surface area contributed by atoms with Crippen LogP contribution >= 0.6 is 0 Å². The summed E-state index contributed by atoms with van der Waals surface area (Å²) in [5, 5.41) is 19.1. The molecule has 26 heavy (non-hydrogen) atoms. The van der Waals surface area contributed by atoms with Crippen LogP contribution in [-0.2, 0) is 0 Å². The number of rotatable bonds is 11. The van der Waals surface area contributed by atoms with Gasteiger partial charge in [-0.3, -0.25) is 0 Å². The van der Waals surface area contributed by atoms with Gasteiger partial charge in [-0.1, -0.05) is 24.3 Å². The van der Waals surface area contributed by atoms with Gasteiger partial charge in [0.1, 0.15) is 11.5 Å². The summed E-state index contributed by atoms with van der Waals surface area (Å²) < 4.78 is 11.5. The average molecular weight is 358 g/mol. The highest BCUT2D eigenvalue weighted by atomic mass is 16.5. The molecular weight excluding hydrogens is 328 g/mol. The predicted octanol–water partition coefficient (Wildman–Crippen LogP) is 4.81. The molecule has 0 saturated heterocycles. The van der Waals surface area contributed by atoms with E-state index in [0.29, 0.717) is 13.2 Å². The van der Waals surface area contributed by atoms with Crippen LogP contribution in [0.2, 0.25) is 0 Å². The quantitative estimate of drug-likeness (QED) is 0.566. The molecule has 2 aromatic carbocycles. The van der Waals surface area contributed by atoms with Crippen molar-refractivity contribution in [1.29, 1.82) is 0 Å². The smallest absolute Gasteiger partial charge is 0.119 e. The number of benzene rings is 2. The lowest BCUT2D eigenvalue weighted by molar-refractivity contribution is 0.198. The molecule has 0 heterocycles. The summed E-state index contributed by atoms with van der Waals surface area (Å²) in [4.78, 5) is 0. The topological polar surface area (TPSA) is 58.9 Å². The molecule has 0 aliphatic carbocycles. The van der Waals surface area contributed by atoms with Gasteiger partial charge in [-0.25, -0.2) is 0 Å². The van der Waals surface area contributed by atoms with Crippen LogP contribution in [0.15, 0.2) is 48.5 Å². The van der Waals surface area contributed by atoms with Crippen molar-refractivity contribution in [3.63, 3.8) is 0 Å². The fourth-order valence-electron chi connectivity index (χ4n) is 2.64. The lowest BCUT2D eigenvalue weighted by atomic mass is 10.1. The molecule has 0 aliphatic heterocycles. The molecule has 0 radical (unpaired) electrons. The summed E-state index contributed by atoms with van der Waals surface area (Å²) in [5.41, 5.74) is 1.78. The molecule has 4 nitrogen and oxygen atoms in total. The highest BCUT2D eigenvalue weighted by Gasteiger charge is 2.03. The maximum absolute atomic E-state index is 9.58. The van der Waals surface area contributed by atoms with E-state index in [4.69, 9.17) is 9.47 Å². The minimum absolute atomic E-state index is 0.444. The first kappa shape index (κ1) is 20.3. The molecular formula is C22H30O4. The first-order valence-electron chi connectivity index (χ1n) is 9.38. The van der Waals surface area contributed by atoms with Crippen LogP contribution in [-0.4, -0.2) is 23.4 Å². The fourth-order valence-corrected chi connectivity index (χ4v) is 2.64. The Morgan fingerprint density at radius 2 is 1.27 bits per heavy atom. The van der Waals surface area contributed by atoms with Gasteiger partial charge in [0.25, 0.3) is 0 Å². The van der Waals surface area contributed by atoms with E-state index >= 15 is 0 Å². The van der Waals surface area contributed by atoms with Crippen LogP contribution in [0.3, 0.4) is 0 Å². The number of unbranched alkanes of at least 4 members (excludes halogenated alkanes) is 3. The first-order valence-corrected chi connectivity index (χ1v) is 9.38. The Kier molecular flexibility index (Phi) is 8.45. The van der Waals surface area contributed by atoms with Crippen LogP contribution in [0, 0.1) is 0 Å². The normalized spacial score (nSPS) is 13.2. The van der Waals surface area contributed by atoms with Gasteiger partial charge < -0.3 is 19.7 Å². The second-order valence-electron chi connectivity index (χ2n) is 6.60. The van der Waals surface area contributed by atoms with E-state index in [1.54, 1.807) is 13.8 Å². The third-order valence-electron chi connectivity index (χ3n) is 4.28. The van der Waals surface area contributed by atoms with Gasteiger partial charge in [0, 0.05) is 0 Å². The average Bonchev–Trinajstić information content (AvgIpc) is 2.64. The molecule has 0 aliphatic rings. The van der Waals surface area contributed by atoms with Gasteiger partial charge in [0.15, 0.2) is 0 Å². The summed E-state index contributed by atoms with van der Waals surface area (Å²) in [6, 6.07) is 15.2. The first-order chi connectivity index (χ1) is 12.6. The Bertz CT molecular complexity index is 635. The van der Waals surface area contributed by atoms with Gasteiger partial charge in [-0.2, -0.15) is 0 Å². The maximum atomic E-state index is 9.58. The van der Waals surface area contributed by atoms with E-state index in [2.05, 4.69) is 0 Å². The van der Waals surface area contributed by atoms with Crippen LogP contribution in [0.5, 0.6) is 11.5 Å². The van der Waals surface area contributed by atoms with Gasteiger partial charge in [-0.15, -0.1) is 0 Å². The van der Waals surface area contributed by atoms with E-state index in [0.717, 1.165) is 48.3 Å². The zero-order valence-electron chi connectivity index (χ0n) is 15.7. The van der Waals surface area contributed by atoms with Gasteiger partial charge in [-0.05, 0) is 74.9 Å². The molecule has 2 N–H and O–H groups in total. The molecule has 0 amide bonds. The Labute approximate surface area is 156 Å². The standard InChI is InChI=1S/C22H30O4/c1-17(23)19-10-12-21(13-11-19)25-14-5-3-4-6-15-26-22-9-7-8-20(16-22)18(2)24/h7-13,16-18,23-24H,3-6,14-15H2,1-2H3. The predicted molar refractivity (Wildman–Crippen MR) is 104 cm³/mol. The summed E-state index contributed by atoms with van der Waals surface area (Å²) in [5.74, 6) is 1.66. The molecule has 2 atom stereocenters. The summed E-state index contributed by atoms with van der Waals surface area (Å²) in [7, 11) is 0. The summed E-state index contributed by atoms with van der Waals surface area (Å²) >= 11 is 0. The van der Waals surface area contributed by atoms with Crippen molar-refractivity contribution < 1.29 is 19.7 Å². The van der Waals surface area contributed by atoms with Crippen molar-refractivity contribution >= 4 is 0 Å². The van der Waals surface area contributed by atoms with Crippen LogP contribution in [0.4, 0.5) is 0 Å². The summed E-state index contributed by atoms with van der Waals surface area (Å²) in [6.45, 7) is 4.89. The van der Waals surface area contributed by atoms with Crippen LogP contribution in [0.25, 0.3) is 0 Å². The molecule has 4 heteroatoms. The van der Waals surface area contributed by atoms with Crippen molar-refractivity contribution in [2.24, 2.45) is 0 Å². The molecule has 2 rings (SSSR count). The third kappa shape index (κ3) is 7.06. The second-order valence-corrected chi connectivity index (χ2v) is 6.60. The zero-order valence-corrected chi connectivity index (χ0v) is 15.7. The van der Waals surface area contributed by atoms with E-state index < -0.39 is 12.2 Å². The van der Waals surface area contributed by atoms with E-state index in [-0.39, 0.29) is 0 Å². The third-order valence-corrected chi connectivity index (χ3v) is 4.28. The van der Waals surface area contributed by atoms with Crippen molar-refractivity contribution in [2.45, 2.75) is 51.7 Å². The Morgan fingerprint density at radius 1 is 0.692 bits per heavy atom. The number of ether oxygens (including phenoxy) is 2. The van der Waals surface area contributed by atoms with Crippen molar-refractivity contribution in [3.05, 3.63) is 59.7 Å². The molecule has 0 fully saturated rings. The van der Waals surface area contributed by atoms with E-state index in [1.807, 2.05) is 48.5 Å². The van der Waals surface area contributed by atoms with Crippen LogP contribution < -0.4 is 9.47 Å². The lowest BCUT2D eigenvalue weighted by Gasteiger charge is -2.10. The minimum Gasteiger partial charge on any atom is -0.494 e. The minimum atomic E-state index is -0.471. The molecule has 0 aromatic heterocycles. The Balaban J connectivity index is 1.53. The fraction of sp³-hybridized carbons (Fsp3) is 0.455. The second kappa shape index (κ2) is 10.8. The Morgan fingerprint density at radius 3 is 1.85 bits per heavy atom. The Hall–Kier alpha value is -2.04. The van der Waals surface area contributed by atoms with Crippen molar-refractivity contribution in [3.8, 4) is 11.5 Å². The van der Waals surface area contributed by atoms with Gasteiger partial charge in [0.05, 0.1) is 25.4 Å². The molecule has 2 unspecified atom stereocenters. The van der Waals surface area contributed by atoms with E-state index in [1.165, 1.54) is 0 Å². The highest BCUT2D eigenvalue weighted by Crippen LogP contribution is 2.19. The van der Waals surface area contributed by atoms with Crippen LogP contribution in [0.1, 0.15) is 62.9 Å². The molecule has 142 valence electrons. The molecule has 0 bridgehead atoms. The number of aliphatic hydroxyl groups excluding tert-OH is 2. The number of hydrogen-bond acceptors (Lipinski definition) is 4. The van der Waals surface area contributed by atoms with E-state index in [9.17, 15) is 10.2 Å². The van der Waals surface area contributed by atoms with Crippen molar-refractivity contribution in [1.82, 2.24) is 0 Å². The van der Waals surface area contributed by atoms with Gasteiger partial charge >= 0.3 is 0 Å². The maximum Gasteiger partial charge on any atom is 0.119 e.